The van der Waals surface area contributed by atoms with Gasteiger partial charge in [0, 0.05) is 58.1 Å². The van der Waals surface area contributed by atoms with Crippen molar-refractivity contribution in [3.8, 4) is 112 Å². The Kier molecular flexibility index (Phi) is 26.0. The van der Waals surface area contributed by atoms with Crippen LogP contribution in [0, 0.1) is 109 Å². The zero-order valence-electron chi connectivity index (χ0n) is 85.5. The molecule has 0 radical (unpaired) electrons. The van der Waals surface area contributed by atoms with Crippen LogP contribution in [0.5, 0.6) is 0 Å². The van der Waals surface area contributed by atoms with Crippen LogP contribution in [0.3, 0.4) is 0 Å². The number of hydrogen-bond acceptors (Lipinski definition) is 0. The lowest BCUT2D eigenvalue weighted by atomic mass is 9.85. The Balaban J connectivity index is 0.000000120. The minimum Gasteiger partial charge on any atom is -0.201 e. The Labute approximate surface area is 792 Å². The van der Waals surface area contributed by atoms with Crippen molar-refractivity contribution in [2.75, 3.05) is 0 Å². The molecule has 0 fully saturated rings. The molecule has 5 heteroatoms. The molecule has 5 aliphatic rings. The number of benzene rings is 10. The molecule has 0 aliphatic heterocycles. The van der Waals surface area contributed by atoms with E-state index in [9.17, 15) is 0 Å². The van der Waals surface area contributed by atoms with Gasteiger partial charge in [0.05, 0.1) is 27.8 Å². The van der Waals surface area contributed by atoms with Crippen molar-refractivity contribution < 1.29 is 22.8 Å². The van der Waals surface area contributed by atoms with Crippen molar-refractivity contribution in [1.82, 2.24) is 0 Å². The smallest absolute Gasteiger partial charge is 0.201 e. The normalized spacial score (nSPS) is 12.5. The molecular formula is C127H144N5+5. The molecule has 132 heavy (non-hydrogen) atoms. The summed E-state index contributed by atoms with van der Waals surface area (Å²) in [4.78, 5) is 0. The molecule has 0 amide bonds. The van der Waals surface area contributed by atoms with Gasteiger partial charge < -0.3 is 0 Å². The topological polar surface area (TPSA) is 19.4 Å². The molecule has 20 rings (SSSR count). The first-order valence-corrected chi connectivity index (χ1v) is 48.8. The number of hydrogen-bond donors (Lipinski definition) is 0. The van der Waals surface area contributed by atoms with Crippen molar-refractivity contribution >= 4 is 0 Å². The van der Waals surface area contributed by atoms with Crippen molar-refractivity contribution in [2.45, 2.75) is 242 Å². The Morgan fingerprint density at radius 1 is 0.227 bits per heavy atom. The van der Waals surface area contributed by atoms with Crippen molar-refractivity contribution in [1.29, 1.82) is 0 Å². The summed E-state index contributed by atoms with van der Waals surface area (Å²) in [5.41, 5.74) is 71.0. The van der Waals surface area contributed by atoms with Gasteiger partial charge in [-0.25, -0.2) is 22.8 Å². The molecule has 672 valence electrons. The largest absolute Gasteiger partial charge is 0.213 e. The van der Waals surface area contributed by atoms with Crippen LogP contribution in [0.2, 0.25) is 0 Å². The summed E-state index contributed by atoms with van der Waals surface area (Å²) in [6.45, 7) is 58.8. The highest BCUT2D eigenvalue weighted by Crippen LogP contribution is 2.51. The monoisotopic (exact) mass is 1740 g/mol. The van der Waals surface area contributed by atoms with Crippen LogP contribution in [-0.2, 0) is 73.8 Å². The van der Waals surface area contributed by atoms with E-state index in [0.717, 1.165) is 38.5 Å². The Morgan fingerprint density at radius 2 is 0.576 bits per heavy atom. The first kappa shape index (κ1) is 93.2. The van der Waals surface area contributed by atoms with Gasteiger partial charge >= 0.3 is 0 Å². The lowest BCUT2D eigenvalue weighted by Crippen LogP contribution is -2.32. The lowest BCUT2D eigenvalue weighted by Gasteiger charge is -2.20. The van der Waals surface area contributed by atoms with Gasteiger partial charge in [0.15, 0.2) is 31.0 Å². The van der Waals surface area contributed by atoms with Crippen LogP contribution in [-0.4, -0.2) is 0 Å². The second-order valence-electron chi connectivity index (χ2n) is 42.4. The molecule has 0 atom stereocenters. The summed E-state index contributed by atoms with van der Waals surface area (Å²) in [6, 6.07) is 68.7. The molecule has 5 heterocycles. The number of fused-ring (bicyclic) bond motifs is 15. The molecule has 0 saturated carbocycles. The minimum absolute atomic E-state index is 0.290. The highest BCUT2D eigenvalue weighted by Gasteiger charge is 2.36. The van der Waals surface area contributed by atoms with Crippen LogP contribution in [0.15, 0.2) is 213 Å². The Morgan fingerprint density at radius 3 is 1.07 bits per heavy atom. The van der Waals surface area contributed by atoms with Crippen molar-refractivity contribution in [3.63, 3.8) is 0 Å². The van der Waals surface area contributed by atoms with Gasteiger partial charge in [-0.3, -0.25) is 0 Å². The number of pyridine rings is 5. The molecule has 15 aromatic rings. The summed E-state index contributed by atoms with van der Waals surface area (Å²) in [5.74, 6) is 2.16. The molecule has 5 aliphatic carbocycles. The average molecular weight is 1740 g/mol. The third-order valence-corrected chi connectivity index (χ3v) is 29.7. The summed E-state index contributed by atoms with van der Waals surface area (Å²) in [7, 11) is 10.9. The second-order valence-corrected chi connectivity index (χ2v) is 42.4. The fourth-order valence-electron chi connectivity index (χ4n) is 23.2. The molecule has 10 aromatic carbocycles. The van der Waals surface area contributed by atoms with Crippen LogP contribution < -0.4 is 22.8 Å². The molecule has 0 unspecified atom stereocenters. The summed E-state index contributed by atoms with van der Waals surface area (Å²) in [6.07, 6.45) is 17.8. The van der Waals surface area contributed by atoms with E-state index in [1.165, 1.54) is 273 Å². The van der Waals surface area contributed by atoms with Crippen LogP contribution >= 0.6 is 0 Å². The molecule has 5 aromatic heterocycles. The highest BCUT2D eigenvalue weighted by atomic mass is 14.9. The van der Waals surface area contributed by atoms with Gasteiger partial charge in [-0.15, -0.1) is 0 Å². The van der Waals surface area contributed by atoms with E-state index in [-0.39, 0.29) is 5.41 Å². The van der Waals surface area contributed by atoms with E-state index in [2.05, 4.69) is 451 Å². The SMILES string of the molecule is Cc1c[n+](C)c(-c2c(C)ccc3c2Cc2c(C)cccc2-3)cc1C(C)C.Cc1cc(-c2c(C)cc(C)c3c2Cc2c(CC(C)(C)C)cccc2-3)[n+](C)cc1C.Cc1cc(-c2c(C)cc(C)c3c2Cc2ccccc2-3)[n+](C)cc1C(C)C.Cc1cc(-c2c(C)ccc3c2Cc2ccccc2-3)[n+](C)cc1C(C)C.Cc1ccc2c(c1)-c1ccc(C)c(-c3cc(C(C)C)c(C)c[n+]3C)c1C2. The lowest BCUT2D eigenvalue weighted by molar-refractivity contribution is -0.661. The Hall–Kier alpha value is -12.1. The minimum atomic E-state index is 0.290. The molecular weight excluding hydrogens is 1600 g/mol. The van der Waals surface area contributed by atoms with E-state index in [1.54, 1.807) is 5.56 Å². The number of rotatable bonds is 10. The fourth-order valence-corrected chi connectivity index (χ4v) is 23.2. The first-order chi connectivity index (χ1) is 62.7. The maximum absolute atomic E-state index is 2.42. The molecule has 0 N–H and O–H groups in total. The van der Waals surface area contributed by atoms with Crippen molar-refractivity contribution in [3.05, 3.63) is 380 Å². The van der Waals surface area contributed by atoms with Gasteiger partial charge in [-0.05, 0) is 361 Å². The van der Waals surface area contributed by atoms with E-state index in [0.29, 0.717) is 23.7 Å². The van der Waals surface area contributed by atoms with E-state index in [4.69, 9.17) is 0 Å². The number of nitrogens with zero attached hydrogens (tertiary/aromatic N) is 5. The van der Waals surface area contributed by atoms with Gasteiger partial charge in [0.1, 0.15) is 35.2 Å². The summed E-state index contributed by atoms with van der Waals surface area (Å²) < 4.78 is 11.5. The molecule has 0 bridgehead atoms. The zero-order valence-corrected chi connectivity index (χ0v) is 85.5. The number of aromatic nitrogens is 5. The van der Waals surface area contributed by atoms with Gasteiger partial charge in [-0.1, -0.05) is 233 Å². The zero-order chi connectivity index (χ0) is 94.6. The van der Waals surface area contributed by atoms with E-state index < -0.39 is 0 Å². The van der Waals surface area contributed by atoms with Gasteiger partial charge in [0.25, 0.3) is 0 Å². The van der Waals surface area contributed by atoms with Crippen LogP contribution in [0.25, 0.3) is 112 Å². The summed E-state index contributed by atoms with van der Waals surface area (Å²) >= 11 is 0. The molecule has 0 spiro atoms. The van der Waals surface area contributed by atoms with E-state index >= 15 is 0 Å². The predicted molar refractivity (Wildman–Crippen MR) is 557 cm³/mol. The maximum Gasteiger partial charge on any atom is 0.213 e. The van der Waals surface area contributed by atoms with Crippen LogP contribution in [0.1, 0.15) is 267 Å². The van der Waals surface area contributed by atoms with Gasteiger partial charge in [-0.2, -0.15) is 0 Å². The Bertz CT molecular complexity index is 7150. The standard InChI is InChI=1S/C28H34N.3C25H28N.C24H26N/c1-17-13-25(29(8)16-20(17)4)27-19(3)12-18(2)26-22-11-9-10-21(15-28(5,6)7)23(22)14-24(26)27;1-15(2)21-13-24(26(6)14-18(21)5)25-17(4)8-10-20-22-11-16(3)7-9-19(22)12-23(20)25;1-15(2)21-13-24(26(6)14-18(21)5)25-17(4)10-11-20-19-9-7-8-16(3)22(19)12-23(20)25;1-15(2)22-14-26(6)23(12-16(22)3)25-18(5)11-17(4)24-20-10-8-7-9-19(20)13-21(24)25;1-15(2)22-14-25(5)23(12-17(22)4)24-16(3)10-11-20-19-9-7-6-8-18(19)13-21(20)24/h9-13,16H,14-15H2,1-8H3;2*7-11,13-15H,12H2,1-6H3;7-12,14-15H,13H2,1-6H3;6-12,14-15H,13H2,1-5H3/q5*+1. The predicted octanol–water partition coefficient (Wildman–Crippen LogP) is 29.5. The third-order valence-electron chi connectivity index (χ3n) is 29.7. The van der Waals surface area contributed by atoms with Crippen molar-refractivity contribution in [2.24, 2.45) is 40.7 Å². The highest BCUT2D eigenvalue weighted by molar-refractivity contribution is 5.92. The quantitative estimate of drug-likeness (QED) is 0.122. The fraction of sp³-hybridized carbons (Fsp3) is 0.331. The average Bonchev–Trinajstić information content (AvgIpc) is 1.55. The third kappa shape index (κ3) is 17.6. The molecule has 5 nitrogen and oxygen atoms in total. The second kappa shape index (κ2) is 36.8. The van der Waals surface area contributed by atoms with Gasteiger partial charge in [0.2, 0.25) is 28.5 Å². The van der Waals surface area contributed by atoms with E-state index in [1.807, 2.05) is 0 Å². The maximum atomic E-state index is 2.42. The molecule has 0 saturated heterocycles. The first-order valence-electron chi connectivity index (χ1n) is 48.8. The van der Waals surface area contributed by atoms with Crippen LogP contribution in [0.4, 0.5) is 0 Å². The number of aryl methyl sites for hydroxylation is 20. The summed E-state index contributed by atoms with van der Waals surface area (Å²) in [5, 5.41) is 0.